The van der Waals surface area contributed by atoms with E-state index < -0.39 is 0 Å². The summed E-state index contributed by atoms with van der Waals surface area (Å²) >= 11 is 5.84. The highest BCUT2D eigenvalue weighted by atomic mass is 35.5. The number of nitrogens with one attached hydrogen (secondary N) is 2. The number of rotatable bonds is 3. The van der Waals surface area contributed by atoms with Crippen molar-refractivity contribution in [3.8, 4) is 0 Å². The van der Waals surface area contributed by atoms with Crippen LogP contribution in [-0.4, -0.2) is 27.2 Å². The molecular weight excluding hydrogens is 230 g/mol. The molecule has 0 unspecified atom stereocenters. The van der Waals surface area contributed by atoms with E-state index in [1.165, 1.54) is 6.33 Å². The number of aliphatic hydroxyl groups excluding tert-OH is 1. The van der Waals surface area contributed by atoms with Gasteiger partial charge in [-0.15, -0.1) is 0 Å². The van der Waals surface area contributed by atoms with Crippen molar-refractivity contribution in [2.75, 3.05) is 11.9 Å². The van der Waals surface area contributed by atoms with Crippen molar-refractivity contribution in [3.05, 3.63) is 21.7 Å². The second-order valence-corrected chi connectivity index (χ2v) is 4.54. The Morgan fingerprint density at radius 2 is 2.25 bits per heavy atom. The first-order chi connectivity index (χ1) is 7.67. The molecule has 6 heteroatoms. The normalized spacial score (nSPS) is 18.6. The minimum Gasteiger partial charge on any atom is -0.394 e. The highest BCUT2D eigenvalue weighted by Crippen LogP contribution is 2.33. The molecule has 3 N–H and O–H groups in total. The summed E-state index contributed by atoms with van der Waals surface area (Å²) in [6.45, 7) is 0.0256. The lowest BCUT2D eigenvalue weighted by Crippen LogP contribution is -2.39. The Morgan fingerprint density at radius 1 is 1.56 bits per heavy atom. The van der Waals surface area contributed by atoms with Gasteiger partial charge in [-0.25, -0.2) is 4.98 Å². The first-order valence-corrected chi connectivity index (χ1v) is 5.67. The van der Waals surface area contributed by atoms with Crippen molar-refractivity contribution in [2.45, 2.75) is 31.2 Å². The molecule has 16 heavy (non-hydrogen) atoms. The van der Waals surface area contributed by atoms with Gasteiger partial charge in [0.1, 0.15) is 5.02 Å². The van der Waals surface area contributed by atoms with Gasteiger partial charge in [0.2, 0.25) is 0 Å². The van der Waals surface area contributed by atoms with Gasteiger partial charge in [-0.05, 0) is 12.8 Å². The molecular formula is C10H14ClN3O2. The second kappa shape index (κ2) is 4.43. The van der Waals surface area contributed by atoms with Crippen LogP contribution in [0.1, 0.15) is 25.7 Å². The van der Waals surface area contributed by atoms with Crippen LogP contribution in [0.3, 0.4) is 0 Å². The van der Waals surface area contributed by atoms with E-state index in [1.807, 2.05) is 0 Å². The van der Waals surface area contributed by atoms with Gasteiger partial charge in [0, 0.05) is 0 Å². The molecule has 1 saturated carbocycles. The third-order valence-corrected chi connectivity index (χ3v) is 3.39. The van der Waals surface area contributed by atoms with Crippen LogP contribution in [0.15, 0.2) is 11.1 Å². The molecule has 1 aliphatic rings. The molecule has 1 aliphatic carbocycles. The van der Waals surface area contributed by atoms with Gasteiger partial charge in [0.15, 0.2) is 5.82 Å². The molecule has 0 spiro atoms. The Bertz CT molecular complexity index is 426. The van der Waals surface area contributed by atoms with Crippen LogP contribution in [-0.2, 0) is 0 Å². The zero-order chi connectivity index (χ0) is 11.6. The fourth-order valence-corrected chi connectivity index (χ4v) is 2.25. The Kier molecular flexibility index (Phi) is 3.16. The molecule has 1 aromatic rings. The summed E-state index contributed by atoms with van der Waals surface area (Å²) in [6, 6.07) is 0. The van der Waals surface area contributed by atoms with Crippen molar-refractivity contribution < 1.29 is 5.11 Å². The van der Waals surface area contributed by atoms with E-state index >= 15 is 0 Å². The molecule has 0 saturated heterocycles. The van der Waals surface area contributed by atoms with Gasteiger partial charge in [-0.2, -0.15) is 0 Å². The molecule has 2 rings (SSSR count). The molecule has 0 amide bonds. The molecule has 1 aromatic heterocycles. The molecule has 0 aromatic carbocycles. The number of hydrogen-bond donors (Lipinski definition) is 3. The van der Waals surface area contributed by atoms with E-state index in [0.29, 0.717) is 5.82 Å². The SMILES string of the molecule is O=c1[nH]cnc(NC2(CO)CCCC2)c1Cl. The average Bonchev–Trinajstić information content (AvgIpc) is 2.74. The molecule has 88 valence electrons. The summed E-state index contributed by atoms with van der Waals surface area (Å²) in [5.41, 5.74) is -0.741. The van der Waals surface area contributed by atoms with Crippen LogP contribution in [0.2, 0.25) is 5.02 Å². The number of anilines is 1. The van der Waals surface area contributed by atoms with E-state index in [9.17, 15) is 9.90 Å². The number of aromatic amines is 1. The average molecular weight is 244 g/mol. The van der Waals surface area contributed by atoms with E-state index in [2.05, 4.69) is 15.3 Å². The fraction of sp³-hybridized carbons (Fsp3) is 0.600. The molecule has 0 aliphatic heterocycles. The maximum Gasteiger partial charge on any atom is 0.271 e. The maximum atomic E-state index is 11.3. The lowest BCUT2D eigenvalue weighted by molar-refractivity contribution is 0.214. The van der Waals surface area contributed by atoms with Crippen molar-refractivity contribution in [1.82, 2.24) is 9.97 Å². The minimum absolute atomic E-state index is 0.0256. The third-order valence-electron chi connectivity index (χ3n) is 3.04. The first-order valence-electron chi connectivity index (χ1n) is 5.29. The number of aliphatic hydroxyl groups is 1. The Labute approximate surface area is 97.9 Å². The molecule has 1 heterocycles. The van der Waals surface area contributed by atoms with Crippen LogP contribution in [0.4, 0.5) is 5.82 Å². The van der Waals surface area contributed by atoms with Crippen LogP contribution in [0, 0.1) is 0 Å². The lowest BCUT2D eigenvalue weighted by Gasteiger charge is -2.28. The summed E-state index contributed by atoms with van der Waals surface area (Å²) in [5, 5.41) is 12.6. The molecule has 0 radical (unpaired) electrons. The van der Waals surface area contributed by atoms with Crippen LogP contribution < -0.4 is 10.9 Å². The number of hydrogen-bond acceptors (Lipinski definition) is 4. The Balaban J connectivity index is 2.26. The topological polar surface area (TPSA) is 78.0 Å². The van der Waals surface area contributed by atoms with Gasteiger partial charge in [0.05, 0.1) is 18.5 Å². The van der Waals surface area contributed by atoms with Crippen LogP contribution in [0.25, 0.3) is 0 Å². The smallest absolute Gasteiger partial charge is 0.271 e. The fourth-order valence-electron chi connectivity index (χ4n) is 2.10. The Morgan fingerprint density at radius 3 is 2.88 bits per heavy atom. The van der Waals surface area contributed by atoms with Gasteiger partial charge in [0.25, 0.3) is 5.56 Å². The van der Waals surface area contributed by atoms with E-state index in [-0.39, 0.29) is 22.7 Å². The van der Waals surface area contributed by atoms with E-state index in [0.717, 1.165) is 25.7 Å². The molecule has 0 atom stereocenters. The molecule has 0 bridgehead atoms. The highest BCUT2D eigenvalue weighted by Gasteiger charge is 2.34. The van der Waals surface area contributed by atoms with Gasteiger partial charge < -0.3 is 15.4 Å². The zero-order valence-corrected chi connectivity index (χ0v) is 9.55. The summed E-state index contributed by atoms with van der Waals surface area (Å²) < 4.78 is 0. The second-order valence-electron chi connectivity index (χ2n) is 4.16. The largest absolute Gasteiger partial charge is 0.394 e. The molecule has 5 nitrogen and oxygen atoms in total. The number of aromatic nitrogens is 2. The minimum atomic E-state index is -0.371. The maximum absolute atomic E-state index is 11.3. The van der Waals surface area contributed by atoms with Crippen LogP contribution >= 0.6 is 11.6 Å². The van der Waals surface area contributed by atoms with E-state index in [4.69, 9.17) is 11.6 Å². The number of halogens is 1. The first kappa shape index (κ1) is 11.4. The predicted octanol–water partition coefficient (Wildman–Crippen LogP) is 1.14. The highest BCUT2D eigenvalue weighted by molar-refractivity contribution is 6.32. The van der Waals surface area contributed by atoms with Gasteiger partial charge >= 0.3 is 0 Å². The zero-order valence-electron chi connectivity index (χ0n) is 8.79. The lowest BCUT2D eigenvalue weighted by atomic mass is 9.99. The van der Waals surface area contributed by atoms with Crippen molar-refractivity contribution in [2.24, 2.45) is 0 Å². The monoisotopic (exact) mass is 243 g/mol. The standard InChI is InChI=1S/C10H14ClN3O2/c11-7-8(12-6-13-9(7)16)14-10(5-15)3-1-2-4-10/h6,15H,1-5H2,(H2,12,13,14,16). The summed E-state index contributed by atoms with van der Waals surface area (Å²) in [5.74, 6) is 0.348. The number of H-pyrrole nitrogens is 1. The quantitative estimate of drug-likeness (QED) is 0.744. The van der Waals surface area contributed by atoms with Crippen molar-refractivity contribution >= 4 is 17.4 Å². The number of nitrogens with zero attached hydrogens (tertiary/aromatic N) is 1. The van der Waals surface area contributed by atoms with Gasteiger partial charge in [-0.1, -0.05) is 24.4 Å². The van der Waals surface area contributed by atoms with Gasteiger partial charge in [-0.3, -0.25) is 4.79 Å². The van der Waals surface area contributed by atoms with Crippen molar-refractivity contribution in [1.29, 1.82) is 0 Å². The Hall–Kier alpha value is -1.07. The van der Waals surface area contributed by atoms with E-state index in [1.54, 1.807) is 0 Å². The van der Waals surface area contributed by atoms with Crippen LogP contribution in [0.5, 0.6) is 0 Å². The third kappa shape index (κ3) is 2.05. The summed E-state index contributed by atoms with van der Waals surface area (Å²) in [4.78, 5) is 17.7. The summed E-state index contributed by atoms with van der Waals surface area (Å²) in [7, 11) is 0. The summed E-state index contributed by atoms with van der Waals surface area (Å²) in [6.07, 6.45) is 5.17. The predicted molar refractivity (Wildman–Crippen MR) is 61.8 cm³/mol. The molecule has 1 fully saturated rings. The van der Waals surface area contributed by atoms with Crippen molar-refractivity contribution in [3.63, 3.8) is 0 Å².